The molecule has 0 radical (unpaired) electrons. The van der Waals surface area contributed by atoms with Gasteiger partial charge in [0, 0.05) is 32.2 Å². The molecule has 0 amide bonds. The monoisotopic (exact) mass is 336 g/mol. The number of nitrogens with one attached hydrogen (secondary N) is 1. The molecule has 2 aromatic carbocycles. The molecule has 0 spiro atoms. The first-order valence-corrected chi connectivity index (χ1v) is 9.60. The summed E-state index contributed by atoms with van der Waals surface area (Å²) in [5, 5.41) is 3.47. The van der Waals surface area contributed by atoms with Crippen LogP contribution in [0.15, 0.2) is 54.6 Å². The summed E-state index contributed by atoms with van der Waals surface area (Å²) in [5.41, 5.74) is 2.65. The van der Waals surface area contributed by atoms with E-state index in [9.17, 15) is 0 Å². The fourth-order valence-corrected chi connectivity index (χ4v) is 3.69. The molecule has 0 unspecified atom stereocenters. The summed E-state index contributed by atoms with van der Waals surface area (Å²) in [7, 11) is 0. The van der Waals surface area contributed by atoms with Crippen molar-refractivity contribution in [2.45, 2.75) is 31.9 Å². The Hall–Kier alpha value is -1.84. The Morgan fingerprint density at radius 3 is 2.36 bits per heavy atom. The minimum Gasteiger partial charge on any atom is -0.489 e. The maximum Gasteiger partial charge on any atom is 0.119 e. The molecule has 0 aromatic heterocycles. The molecule has 1 N–H and O–H groups in total. The van der Waals surface area contributed by atoms with Crippen LogP contribution in [0.25, 0.3) is 0 Å². The van der Waals surface area contributed by atoms with E-state index in [0.29, 0.717) is 12.6 Å². The quantitative estimate of drug-likeness (QED) is 0.827. The number of hydrogen-bond donors (Lipinski definition) is 1. The van der Waals surface area contributed by atoms with Crippen molar-refractivity contribution in [3.8, 4) is 5.75 Å². The van der Waals surface area contributed by atoms with Crippen LogP contribution in [0, 0.1) is 5.92 Å². The number of rotatable bonds is 7. The minimum absolute atomic E-state index is 0.567. The highest BCUT2D eigenvalue weighted by Gasteiger charge is 2.30. The second kappa shape index (κ2) is 8.03. The molecule has 3 heteroatoms. The van der Waals surface area contributed by atoms with Crippen LogP contribution in [0.2, 0.25) is 0 Å². The molecule has 0 bridgehead atoms. The zero-order valence-corrected chi connectivity index (χ0v) is 14.9. The van der Waals surface area contributed by atoms with E-state index in [1.54, 1.807) is 0 Å². The molecule has 1 saturated heterocycles. The lowest BCUT2D eigenvalue weighted by atomic mass is 9.98. The van der Waals surface area contributed by atoms with E-state index < -0.39 is 0 Å². The van der Waals surface area contributed by atoms with Gasteiger partial charge in [0.1, 0.15) is 12.4 Å². The van der Waals surface area contributed by atoms with Crippen LogP contribution in [-0.4, -0.2) is 31.1 Å². The summed E-state index contributed by atoms with van der Waals surface area (Å²) in [5.74, 6) is 1.90. The van der Waals surface area contributed by atoms with E-state index in [1.807, 2.05) is 6.07 Å². The van der Waals surface area contributed by atoms with Crippen molar-refractivity contribution in [3.05, 3.63) is 65.7 Å². The van der Waals surface area contributed by atoms with Gasteiger partial charge < -0.3 is 10.1 Å². The Labute approximate surface area is 151 Å². The molecule has 1 atom stereocenters. The molecule has 1 aliphatic heterocycles. The van der Waals surface area contributed by atoms with Gasteiger partial charge in [-0.25, -0.2) is 0 Å². The van der Waals surface area contributed by atoms with Crippen molar-refractivity contribution >= 4 is 0 Å². The molecule has 2 aromatic rings. The van der Waals surface area contributed by atoms with Crippen LogP contribution in [-0.2, 0) is 6.61 Å². The fraction of sp³-hybridized carbons (Fsp3) is 0.455. The normalized spacial score (nSPS) is 19.5. The van der Waals surface area contributed by atoms with Gasteiger partial charge in [-0.3, -0.25) is 4.90 Å². The van der Waals surface area contributed by atoms with Crippen molar-refractivity contribution in [3.63, 3.8) is 0 Å². The van der Waals surface area contributed by atoms with Gasteiger partial charge in [0.2, 0.25) is 0 Å². The van der Waals surface area contributed by atoms with Gasteiger partial charge in [0.15, 0.2) is 0 Å². The first-order chi connectivity index (χ1) is 12.4. The van der Waals surface area contributed by atoms with E-state index in [2.05, 4.69) is 58.7 Å². The summed E-state index contributed by atoms with van der Waals surface area (Å²) in [6.45, 7) is 5.16. The number of benzene rings is 2. The smallest absolute Gasteiger partial charge is 0.119 e. The Morgan fingerprint density at radius 1 is 0.960 bits per heavy atom. The highest BCUT2D eigenvalue weighted by molar-refractivity contribution is 5.30. The van der Waals surface area contributed by atoms with Crippen LogP contribution < -0.4 is 10.1 Å². The summed E-state index contributed by atoms with van der Waals surface area (Å²) in [6.07, 6.45) is 4.14. The molecule has 1 heterocycles. The predicted octanol–water partition coefficient (Wildman–Crippen LogP) is 4.01. The van der Waals surface area contributed by atoms with Gasteiger partial charge in [0.25, 0.3) is 0 Å². The maximum atomic E-state index is 5.94. The third-order valence-electron chi connectivity index (χ3n) is 5.36. The van der Waals surface area contributed by atoms with Crippen molar-refractivity contribution < 1.29 is 4.74 Å². The van der Waals surface area contributed by atoms with Crippen molar-refractivity contribution in [1.29, 1.82) is 0 Å². The Morgan fingerprint density at radius 2 is 1.68 bits per heavy atom. The van der Waals surface area contributed by atoms with E-state index in [0.717, 1.165) is 37.8 Å². The molecule has 3 nitrogen and oxygen atoms in total. The molecule has 1 saturated carbocycles. The standard InChI is InChI=1S/C22H28N2O/c1-2-4-19(5-3-1)17-25-21-10-8-20(9-11-21)22(16-18-6-7-18)24-14-12-23-13-15-24/h1-5,8-11,18,22-23H,6-7,12-17H2/t22-/m1/s1. The lowest BCUT2D eigenvalue weighted by molar-refractivity contribution is 0.160. The third-order valence-corrected chi connectivity index (χ3v) is 5.36. The van der Waals surface area contributed by atoms with Gasteiger partial charge >= 0.3 is 0 Å². The number of nitrogens with zero attached hydrogens (tertiary/aromatic N) is 1. The van der Waals surface area contributed by atoms with E-state index in [4.69, 9.17) is 4.74 Å². The highest BCUT2D eigenvalue weighted by atomic mass is 16.5. The number of piperazine rings is 1. The van der Waals surface area contributed by atoms with Gasteiger partial charge in [-0.05, 0) is 35.6 Å². The molecule has 1 aliphatic carbocycles. The van der Waals surface area contributed by atoms with Crippen LogP contribution >= 0.6 is 0 Å². The van der Waals surface area contributed by atoms with E-state index in [-0.39, 0.29) is 0 Å². The largest absolute Gasteiger partial charge is 0.489 e. The van der Waals surface area contributed by atoms with Gasteiger partial charge in [-0.2, -0.15) is 0 Å². The first kappa shape index (κ1) is 16.6. The van der Waals surface area contributed by atoms with Crippen LogP contribution in [0.1, 0.15) is 36.4 Å². The van der Waals surface area contributed by atoms with Crippen molar-refractivity contribution in [2.75, 3.05) is 26.2 Å². The van der Waals surface area contributed by atoms with Crippen LogP contribution in [0.4, 0.5) is 0 Å². The zero-order chi connectivity index (χ0) is 16.9. The summed E-state index contributed by atoms with van der Waals surface area (Å²) >= 11 is 0. The average Bonchev–Trinajstić information content (AvgIpc) is 3.51. The summed E-state index contributed by atoms with van der Waals surface area (Å²) in [4.78, 5) is 2.66. The summed E-state index contributed by atoms with van der Waals surface area (Å²) < 4.78 is 5.94. The average molecular weight is 336 g/mol. The zero-order valence-electron chi connectivity index (χ0n) is 14.9. The molecular formula is C22H28N2O. The minimum atomic E-state index is 0.567. The van der Waals surface area contributed by atoms with Crippen LogP contribution in [0.5, 0.6) is 5.75 Å². The van der Waals surface area contributed by atoms with Gasteiger partial charge in [-0.15, -0.1) is 0 Å². The van der Waals surface area contributed by atoms with Gasteiger partial charge in [-0.1, -0.05) is 55.3 Å². The predicted molar refractivity (Wildman–Crippen MR) is 102 cm³/mol. The van der Waals surface area contributed by atoms with E-state index >= 15 is 0 Å². The molecule has 2 aliphatic rings. The fourth-order valence-electron chi connectivity index (χ4n) is 3.69. The Bertz CT molecular complexity index is 645. The SMILES string of the molecule is c1ccc(COc2ccc([C@@H](CC3CC3)N3CCNCC3)cc2)cc1. The molecule has 2 fully saturated rings. The lowest BCUT2D eigenvalue weighted by Gasteiger charge is -2.35. The van der Waals surface area contributed by atoms with Crippen molar-refractivity contribution in [2.24, 2.45) is 5.92 Å². The third kappa shape index (κ3) is 4.62. The van der Waals surface area contributed by atoms with Crippen molar-refractivity contribution in [1.82, 2.24) is 10.2 Å². The Balaban J connectivity index is 1.41. The first-order valence-electron chi connectivity index (χ1n) is 9.60. The molecule has 4 rings (SSSR count). The second-order valence-electron chi connectivity index (χ2n) is 7.32. The molecule has 25 heavy (non-hydrogen) atoms. The van der Waals surface area contributed by atoms with Gasteiger partial charge in [0.05, 0.1) is 0 Å². The number of hydrogen-bond acceptors (Lipinski definition) is 3. The van der Waals surface area contributed by atoms with E-state index in [1.165, 1.54) is 30.4 Å². The topological polar surface area (TPSA) is 24.5 Å². The molecule has 132 valence electrons. The Kier molecular flexibility index (Phi) is 5.34. The number of ether oxygens (including phenoxy) is 1. The second-order valence-corrected chi connectivity index (χ2v) is 7.32. The van der Waals surface area contributed by atoms with Crippen LogP contribution in [0.3, 0.4) is 0 Å². The molecular weight excluding hydrogens is 308 g/mol. The summed E-state index contributed by atoms with van der Waals surface area (Å²) in [6, 6.07) is 19.7. The lowest BCUT2D eigenvalue weighted by Crippen LogP contribution is -2.45. The highest BCUT2D eigenvalue weighted by Crippen LogP contribution is 2.40. The maximum absolute atomic E-state index is 5.94.